The Hall–Kier alpha value is -1.03. The van der Waals surface area contributed by atoms with Crippen LogP contribution in [-0.4, -0.2) is 31.6 Å². The van der Waals surface area contributed by atoms with Crippen LogP contribution in [0.15, 0.2) is 11.6 Å². The third-order valence-electron chi connectivity index (χ3n) is 9.03. The van der Waals surface area contributed by atoms with Crippen molar-refractivity contribution in [2.24, 2.45) is 28.6 Å². The van der Waals surface area contributed by atoms with E-state index in [1.807, 2.05) is 6.92 Å². The molecule has 4 heteroatoms. The van der Waals surface area contributed by atoms with Gasteiger partial charge in [-0.15, -0.1) is 0 Å². The SMILES string of the molecule is CCCOC(=O)O[C@H]1CC[C@H]2[C@@H]3CCC4=C[C@H](OCC)CC[C@]4(C)[C@H]3CC[C@]12C. The quantitative estimate of drug-likeness (QED) is 0.399. The van der Waals surface area contributed by atoms with Crippen LogP contribution in [0.25, 0.3) is 0 Å². The first-order chi connectivity index (χ1) is 13.9. The highest BCUT2D eigenvalue weighted by atomic mass is 16.7. The van der Waals surface area contributed by atoms with Crippen LogP contribution in [0.3, 0.4) is 0 Å². The van der Waals surface area contributed by atoms with Gasteiger partial charge in [-0.1, -0.05) is 32.4 Å². The highest BCUT2D eigenvalue weighted by molar-refractivity contribution is 5.60. The standard InChI is InChI=1S/C25H40O4/c1-5-15-28-23(26)29-22-10-9-20-19-8-7-17-16-18(27-6-2)11-13-24(17,3)21(19)12-14-25(20,22)4/h16,18-22H,5-15H2,1-4H3/t18-,19+,20+,21+,22+,24+,25+/m1/s1. The maximum atomic E-state index is 12.1. The number of allylic oxidation sites excluding steroid dienone is 1. The van der Waals surface area contributed by atoms with Crippen molar-refractivity contribution in [1.82, 2.24) is 0 Å². The van der Waals surface area contributed by atoms with Gasteiger partial charge in [-0.25, -0.2) is 4.79 Å². The number of carbonyl (C=O) groups excluding carboxylic acids is 1. The fourth-order valence-electron chi connectivity index (χ4n) is 7.52. The van der Waals surface area contributed by atoms with Crippen molar-refractivity contribution < 1.29 is 19.0 Å². The second-order valence-electron chi connectivity index (χ2n) is 10.4. The smallest absolute Gasteiger partial charge is 0.434 e. The van der Waals surface area contributed by atoms with E-state index in [-0.39, 0.29) is 11.5 Å². The van der Waals surface area contributed by atoms with Crippen LogP contribution >= 0.6 is 0 Å². The molecular weight excluding hydrogens is 364 g/mol. The third kappa shape index (κ3) is 3.64. The molecule has 0 unspecified atom stereocenters. The molecule has 7 atom stereocenters. The summed E-state index contributed by atoms with van der Waals surface area (Å²) in [5.41, 5.74) is 2.13. The van der Waals surface area contributed by atoms with Gasteiger partial charge in [0.15, 0.2) is 0 Å². The molecule has 3 saturated carbocycles. The molecule has 0 aliphatic heterocycles. The highest BCUT2D eigenvalue weighted by Gasteiger charge is 2.60. The first kappa shape index (κ1) is 21.2. The second kappa shape index (κ2) is 8.24. The second-order valence-corrected chi connectivity index (χ2v) is 10.4. The van der Waals surface area contributed by atoms with E-state index in [2.05, 4.69) is 26.8 Å². The Kier molecular flexibility index (Phi) is 6.03. The molecule has 0 bridgehead atoms. The fraction of sp³-hybridized carbons (Fsp3) is 0.880. The fourth-order valence-corrected chi connectivity index (χ4v) is 7.52. The molecule has 164 valence electrons. The largest absolute Gasteiger partial charge is 0.508 e. The summed E-state index contributed by atoms with van der Waals surface area (Å²) in [5.74, 6) is 2.21. The van der Waals surface area contributed by atoms with Gasteiger partial charge in [-0.05, 0) is 87.9 Å². The van der Waals surface area contributed by atoms with Crippen LogP contribution in [-0.2, 0) is 14.2 Å². The molecule has 4 nitrogen and oxygen atoms in total. The molecule has 4 rings (SSSR count). The van der Waals surface area contributed by atoms with Crippen molar-refractivity contribution in [2.45, 2.75) is 97.7 Å². The molecule has 0 aromatic carbocycles. The number of fused-ring (bicyclic) bond motifs is 5. The predicted octanol–water partition coefficient (Wildman–Crippen LogP) is 6.29. The summed E-state index contributed by atoms with van der Waals surface area (Å²) in [6.45, 7) is 10.3. The maximum Gasteiger partial charge on any atom is 0.508 e. The van der Waals surface area contributed by atoms with E-state index in [0.717, 1.165) is 37.7 Å². The Labute approximate surface area is 176 Å². The van der Waals surface area contributed by atoms with E-state index >= 15 is 0 Å². The highest BCUT2D eigenvalue weighted by Crippen LogP contribution is 2.65. The van der Waals surface area contributed by atoms with Crippen molar-refractivity contribution in [3.05, 3.63) is 11.6 Å². The first-order valence-electron chi connectivity index (χ1n) is 12.1. The number of hydrogen-bond acceptors (Lipinski definition) is 4. The topological polar surface area (TPSA) is 44.8 Å². The number of hydrogen-bond donors (Lipinski definition) is 0. The minimum Gasteiger partial charge on any atom is -0.434 e. The average molecular weight is 405 g/mol. The van der Waals surface area contributed by atoms with E-state index in [0.29, 0.717) is 24.0 Å². The van der Waals surface area contributed by atoms with Gasteiger partial charge in [0.25, 0.3) is 0 Å². The van der Waals surface area contributed by atoms with Crippen LogP contribution in [0.2, 0.25) is 0 Å². The number of carbonyl (C=O) groups is 1. The Morgan fingerprint density at radius 2 is 1.90 bits per heavy atom. The van der Waals surface area contributed by atoms with Crippen molar-refractivity contribution in [3.63, 3.8) is 0 Å². The van der Waals surface area contributed by atoms with Crippen LogP contribution in [0.5, 0.6) is 0 Å². The lowest BCUT2D eigenvalue weighted by molar-refractivity contribution is -0.0895. The molecule has 29 heavy (non-hydrogen) atoms. The van der Waals surface area contributed by atoms with E-state index in [1.54, 1.807) is 5.57 Å². The van der Waals surface area contributed by atoms with Crippen LogP contribution in [0.1, 0.15) is 85.5 Å². The van der Waals surface area contributed by atoms with Crippen LogP contribution in [0, 0.1) is 28.6 Å². The summed E-state index contributed by atoms with van der Waals surface area (Å²) >= 11 is 0. The predicted molar refractivity (Wildman–Crippen MR) is 114 cm³/mol. The molecule has 0 heterocycles. The molecule has 0 spiro atoms. The lowest BCUT2D eigenvalue weighted by Crippen LogP contribution is -2.52. The lowest BCUT2D eigenvalue weighted by Gasteiger charge is -2.58. The third-order valence-corrected chi connectivity index (χ3v) is 9.03. The summed E-state index contributed by atoms with van der Waals surface area (Å²) < 4.78 is 17.0. The van der Waals surface area contributed by atoms with Crippen molar-refractivity contribution >= 4 is 6.16 Å². The molecule has 0 radical (unpaired) electrons. The monoisotopic (exact) mass is 404 g/mol. The van der Waals surface area contributed by atoms with Gasteiger partial charge in [0.2, 0.25) is 0 Å². The summed E-state index contributed by atoms with van der Waals surface area (Å²) in [6, 6.07) is 0. The normalized spacial score (nSPS) is 43.6. The Morgan fingerprint density at radius 3 is 2.66 bits per heavy atom. The van der Waals surface area contributed by atoms with Crippen molar-refractivity contribution in [3.8, 4) is 0 Å². The Balaban J connectivity index is 1.48. The Morgan fingerprint density at radius 1 is 1.07 bits per heavy atom. The molecule has 0 saturated heterocycles. The molecule has 0 aromatic rings. The van der Waals surface area contributed by atoms with Gasteiger partial charge in [-0.2, -0.15) is 0 Å². The van der Waals surface area contributed by atoms with Crippen LogP contribution in [0.4, 0.5) is 4.79 Å². The molecule has 0 N–H and O–H groups in total. The summed E-state index contributed by atoms with van der Waals surface area (Å²) in [4.78, 5) is 12.1. The Bertz CT molecular complexity index is 643. The van der Waals surface area contributed by atoms with Gasteiger partial charge in [0.05, 0.1) is 12.7 Å². The van der Waals surface area contributed by atoms with E-state index < -0.39 is 6.16 Å². The average Bonchev–Trinajstić information content (AvgIpc) is 3.03. The zero-order valence-electron chi connectivity index (χ0n) is 18.9. The molecule has 4 aliphatic rings. The maximum absolute atomic E-state index is 12.1. The van der Waals surface area contributed by atoms with Gasteiger partial charge in [-0.3, -0.25) is 0 Å². The summed E-state index contributed by atoms with van der Waals surface area (Å²) in [5, 5.41) is 0. The van der Waals surface area contributed by atoms with E-state index in [9.17, 15) is 4.79 Å². The molecular formula is C25H40O4. The van der Waals surface area contributed by atoms with Gasteiger partial charge < -0.3 is 14.2 Å². The van der Waals surface area contributed by atoms with E-state index in [4.69, 9.17) is 14.2 Å². The molecule has 0 aromatic heterocycles. The van der Waals surface area contributed by atoms with E-state index in [1.165, 1.54) is 38.5 Å². The van der Waals surface area contributed by atoms with Gasteiger partial charge >= 0.3 is 6.16 Å². The molecule has 0 amide bonds. The zero-order chi connectivity index (χ0) is 20.6. The van der Waals surface area contributed by atoms with Crippen LogP contribution < -0.4 is 0 Å². The summed E-state index contributed by atoms with van der Waals surface area (Å²) in [6.07, 6.45) is 12.7. The minimum absolute atomic E-state index is 0.0243. The van der Waals surface area contributed by atoms with Gasteiger partial charge in [0.1, 0.15) is 6.10 Å². The number of ether oxygens (including phenoxy) is 3. The minimum atomic E-state index is -0.462. The molecule has 3 fully saturated rings. The summed E-state index contributed by atoms with van der Waals surface area (Å²) in [7, 11) is 0. The van der Waals surface area contributed by atoms with Crippen molar-refractivity contribution in [2.75, 3.05) is 13.2 Å². The van der Waals surface area contributed by atoms with Gasteiger partial charge in [0, 0.05) is 12.0 Å². The molecule has 4 aliphatic carbocycles. The lowest BCUT2D eigenvalue weighted by atomic mass is 9.47. The van der Waals surface area contributed by atoms with Crippen molar-refractivity contribution in [1.29, 1.82) is 0 Å². The number of rotatable bonds is 5. The first-order valence-corrected chi connectivity index (χ1v) is 12.1. The zero-order valence-corrected chi connectivity index (χ0v) is 18.9.